The lowest BCUT2D eigenvalue weighted by Gasteiger charge is -2.09. The summed E-state index contributed by atoms with van der Waals surface area (Å²) in [6, 6.07) is 7.38. The van der Waals surface area contributed by atoms with Crippen molar-refractivity contribution in [2.24, 2.45) is 0 Å². The van der Waals surface area contributed by atoms with Crippen LogP contribution in [0.2, 0.25) is 0 Å². The highest BCUT2D eigenvalue weighted by Gasteiger charge is 2.12. The van der Waals surface area contributed by atoms with Gasteiger partial charge in [-0.3, -0.25) is 0 Å². The Balaban J connectivity index is 2.40. The number of hydrogen-bond donors (Lipinski definition) is 1. The van der Waals surface area contributed by atoms with Gasteiger partial charge in [-0.25, -0.2) is 13.8 Å². The molecule has 5 heteroatoms. The predicted molar refractivity (Wildman–Crippen MR) is 63.3 cm³/mol. The van der Waals surface area contributed by atoms with Gasteiger partial charge in [-0.15, -0.1) is 0 Å². The summed E-state index contributed by atoms with van der Waals surface area (Å²) in [5, 5.41) is 11.3. The second-order valence-electron chi connectivity index (χ2n) is 3.72. The van der Waals surface area contributed by atoms with Gasteiger partial charge in [-0.2, -0.15) is 5.26 Å². The van der Waals surface area contributed by atoms with Crippen molar-refractivity contribution in [1.82, 2.24) is 4.98 Å². The lowest BCUT2D eigenvalue weighted by atomic mass is 10.2. The van der Waals surface area contributed by atoms with E-state index in [-0.39, 0.29) is 11.5 Å². The third-order valence-electron chi connectivity index (χ3n) is 2.43. The van der Waals surface area contributed by atoms with Crippen molar-refractivity contribution in [1.29, 1.82) is 5.26 Å². The summed E-state index contributed by atoms with van der Waals surface area (Å²) in [5.74, 6) is -1.15. The SMILES string of the molecule is Cc1ccc(F)c(Nc2cc(C#N)ccn2)c1F. The van der Waals surface area contributed by atoms with Gasteiger partial charge in [0, 0.05) is 6.20 Å². The van der Waals surface area contributed by atoms with E-state index in [0.717, 1.165) is 0 Å². The first-order valence-electron chi connectivity index (χ1n) is 5.19. The molecular weight excluding hydrogens is 236 g/mol. The molecule has 1 heterocycles. The van der Waals surface area contributed by atoms with E-state index in [1.807, 2.05) is 6.07 Å². The average Bonchev–Trinajstić information content (AvgIpc) is 2.39. The van der Waals surface area contributed by atoms with E-state index in [0.29, 0.717) is 11.1 Å². The molecule has 90 valence electrons. The highest BCUT2D eigenvalue weighted by Crippen LogP contribution is 2.24. The summed E-state index contributed by atoms with van der Waals surface area (Å²) in [7, 11) is 0. The smallest absolute Gasteiger partial charge is 0.152 e. The van der Waals surface area contributed by atoms with Crippen LogP contribution >= 0.6 is 0 Å². The van der Waals surface area contributed by atoms with Crippen LogP contribution in [0.15, 0.2) is 30.5 Å². The van der Waals surface area contributed by atoms with Gasteiger partial charge in [0.25, 0.3) is 0 Å². The molecule has 1 N–H and O–H groups in total. The van der Waals surface area contributed by atoms with E-state index >= 15 is 0 Å². The minimum atomic E-state index is -0.706. The van der Waals surface area contributed by atoms with Gasteiger partial charge < -0.3 is 5.32 Å². The summed E-state index contributed by atoms with van der Waals surface area (Å²) in [6.45, 7) is 1.54. The second-order valence-corrected chi connectivity index (χ2v) is 3.72. The Bertz CT molecular complexity index is 633. The summed E-state index contributed by atoms with van der Waals surface area (Å²) in [6.07, 6.45) is 1.40. The first-order chi connectivity index (χ1) is 8.61. The number of aryl methyl sites for hydroxylation is 1. The fourth-order valence-corrected chi connectivity index (χ4v) is 1.47. The number of nitrogens with one attached hydrogen (secondary N) is 1. The number of rotatable bonds is 2. The number of hydrogen-bond acceptors (Lipinski definition) is 3. The highest BCUT2D eigenvalue weighted by molar-refractivity contribution is 5.60. The van der Waals surface area contributed by atoms with E-state index in [4.69, 9.17) is 5.26 Å². The zero-order valence-corrected chi connectivity index (χ0v) is 9.54. The van der Waals surface area contributed by atoms with Crippen molar-refractivity contribution in [3.8, 4) is 6.07 Å². The largest absolute Gasteiger partial charge is 0.335 e. The van der Waals surface area contributed by atoms with Crippen LogP contribution in [0, 0.1) is 29.9 Å². The Morgan fingerprint density at radius 2 is 2.06 bits per heavy atom. The molecule has 0 saturated heterocycles. The first-order valence-corrected chi connectivity index (χ1v) is 5.19. The molecule has 0 saturated carbocycles. The second kappa shape index (κ2) is 4.80. The Labute approximate surface area is 103 Å². The van der Waals surface area contributed by atoms with Crippen molar-refractivity contribution < 1.29 is 8.78 Å². The minimum Gasteiger partial charge on any atom is -0.335 e. The molecule has 0 amide bonds. The molecule has 0 aliphatic heterocycles. The van der Waals surface area contributed by atoms with Crippen molar-refractivity contribution in [3.63, 3.8) is 0 Å². The Morgan fingerprint density at radius 1 is 1.28 bits per heavy atom. The number of nitriles is 1. The summed E-state index contributed by atoms with van der Waals surface area (Å²) in [5.41, 5.74) is 0.425. The summed E-state index contributed by atoms with van der Waals surface area (Å²) < 4.78 is 27.2. The van der Waals surface area contributed by atoms with Gasteiger partial charge >= 0.3 is 0 Å². The van der Waals surface area contributed by atoms with Gasteiger partial charge in [-0.05, 0) is 30.7 Å². The monoisotopic (exact) mass is 245 g/mol. The van der Waals surface area contributed by atoms with Gasteiger partial charge in [0.15, 0.2) is 5.82 Å². The molecule has 2 aromatic rings. The third kappa shape index (κ3) is 2.28. The van der Waals surface area contributed by atoms with Crippen molar-refractivity contribution >= 4 is 11.5 Å². The molecule has 0 atom stereocenters. The molecule has 3 nitrogen and oxygen atoms in total. The number of benzene rings is 1. The maximum Gasteiger partial charge on any atom is 0.152 e. The molecule has 0 bridgehead atoms. The topological polar surface area (TPSA) is 48.7 Å². The first kappa shape index (κ1) is 12.0. The molecule has 0 aliphatic carbocycles. The van der Waals surface area contributed by atoms with E-state index in [2.05, 4.69) is 10.3 Å². The third-order valence-corrected chi connectivity index (χ3v) is 2.43. The van der Waals surface area contributed by atoms with Crippen LogP contribution in [0.1, 0.15) is 11.1 Å². The van der Waals surface area contributed by atoms with Gasteiger partial charge in [-0.1, -0.05) is 6.07 Å². The van der Waals surface area contributed by atoms with Crippen LogP contribution in [0.4, 0.5) is 20.3 Å². The fourth-order valence-electron chi connectivity index (χ4n) is 1.47. The molecule has 0 spiro atoms. The Hall–Kier alpha value is -2.48. The molecule has 0 unspecified atom stereocenters. The number of pyridine rings is 1. The Kier molecular flexibility index (Phi) is 3.20. The zero-order chi connectivity index (χ0) is 13.1. The fraction of sp³-hybridized carbons (Fsp3) is 0.0769. The molecule has 0 fully saturated rings. The molecular formula is C13H9F2N3. The quantitative estimate of drug-likeness (QED) is 0.883. The van der Waals surface area contributed by atoms with Crippen molar-refractivity contribution in [2.45, 2.75) is 6.92 Å². The molecule has 18 heavy (non-hydrogen) atoms. The lowest BCUT2D eigenvalue weighted by Crippen LogP contribution is -2.01. The average molecular weight is 245 g/mol. The maximum absolute atomic E-state index is 13.7. The van der Waals surface area contributed by atoms with E-state index in [9.17, 15) is 8.78 Å². The molecule has 0 radical (unpaired) electrons. The number of halogens is 2. The molecule has 1 aromatic carbocycles. The van der Waals surface area contributed by atoms with Crippen molar-refractivity contribution in [3.05, 3.63) is 53.2 Å². The summed E-state index contributed by atoms with van der Waals surface area (Å²) in [4.78, 5) is 3.90. The zero-order valence-electron chi connectivity index (χ0n) is 9.54. The van der Waals surface area contributed by atoms with Crippen LogP contribution in [-0.2, 0) is 0 Å². The number of nitrogens with zero attached hydrogens (tertiary/aromatic N) is 2. The van der Waals surface area contributed by atoms with Crippen LogP contribution in [0.3, 0.4) is 0 Å². The van der Waals surface area contributed by atoms with Gasteiger partial charge in [0.1, 0.15) is 17.3 Å². The van der Waals surface area contributed by atoms with Crippen LogP contribution < -0.4 is 5.32 Å². The summed E-state index contributed by atoms with van der Waals surface area (Å²) >= 11 is 0. The van der Waals surface area contributed by atoms with Crippen LogP contribution in [-0.4, -0.2) is 4.98 Å². The minimum absolute atomic E-state index is 0.220. The van der Waals surface area contributed by atoms with E-state index in [1.165, 1.54) is 30.5 Å². The van der Waals surface area contributed by atoms with E-state index in [1.54, 1.807) is 6.92 Å². The standard InChI is InChI=1S/C13H9F2N3/c1-8-2-3-10(14)13(12(8)15)18-11-6-9(7-16)4-5-17-11/h2-6H,1H3,(H,17,18). The number of aromatic nitrogens is 1. The predicted octanol–water partition coefficient (Wildman–Crippen LogP) is 3.28. The molecule has 2 rings (SSSR count). The normalized spacial score (nSPS) is 9.89. The molecule has 0 aliphatic rings. The highest BCUT2D eigenvalue weighted by atomic mass is 19.1. The lowest BCUT2D eigenvalue weighted by molar-refractivity contribution is 0.584. The van der Waals surface area contributed by atoms with Crippen LogP contribution in [0.5, 0.6) is 0 Å². The van der Waals surface area contributed by atoms with E-state index < -0.39 is 11.6 Å². The van der Waals surface area contributed by atoms with Crippen molar-refractivity contribution in [2.75, 3.05) is 5.32 Å². The Morgan fingerprint density at radius 3 is 2.78 bits per heavy atom. The maximum atomic E-state index is 13.7. The van der Waals surface area contributed by atoms with Gasteiger partial charge in [0.05, 0.1) is 11.6 Å². The van der Waals surface area contributed by atoms with Gasteiger partial charge in [0.2, 0.25) is 0 Å². The molecule has 1 aromatic heterocycles. The number of anilines is 2. The van der Waals surface area contributed by atoms with Crippen LogP contribution in [0.25, 0.3) is 0 Å².